The van der Waals surface area contributed by atoms with Crippen molar-refractivity contribution in [3.05, 3.63) is 65.7 Å². The summed E-state index contributed by atoms with van der Waals surface area (Å²) in [6.45, 7) is 3.51. The van der Waals surface area contributed by atoms with E-state index >= 15 is 0 Å². The Bertz CT molecular complexity index is 705. The lowest BCUT2D eigenvalue weighted by Gasteiger charge is -2.22. The van der Waals surface area contributed by atoms with E-state index < -0.39 is 5.82 Å². The molecular weight excluding hydrogens is 333 g/mol. The second kappa shape index (κ2) is 10.3. The minimum absolute atomic E-state index is 0.0123. The van der Waals surface area contributed by atoms with Crippen molar-refractivity contribution in [2.75, 3.05) is 13.1 Å². The van der Waals surface area contributed by atoms with Crippen molar-refractivity contribution in [1.82, 2.24) is 15.2 Å². The van der Waals surface area contributed by atoms with Gasteiger partial charge in [-0.1, -0.05) is 19.4 Å². The highest BCUT2D eigenvalue weighted by Crippen LogP contribution is 2.07. The van der Waals surface area contributed by atoms with Crippen LogP contribution in [0.2, 0.25) is 0 Å². The molecule has 0 aliphatic rings. The van der Waals surface area contributed by atoms with Gasteiger partial charge in [0, 0.05) is 44.0 Å². The van der Waals surface area contributed by atoms with Crippen molar-refractivity contribution < 1.29 is 14.0 Å². The lowest BCUT2D eigenvalue weighted by molar-refractivity contribution is -0.131. The van der Waals surface area contributed by atoms with Crippen molar-refractivity contribution in [3.8, 4) is 0 Å². The van der Waals surface area contributed by atoms with Crippen molar-refractivity contribution in [3.63, 3.8) is 0 Å². The number of nitrogens with one attached hydrogen (secondary N) is 1. The molecule has 2 amide bonds. The van der Waals surface area contributed by atoms with E-state index in [0.29, 0.717) is 18.7 Å². The first-order chi connectivity index (χ1) is 12.6. The third-order valence-electron chi connectivity index (χ3n) is 3.96. The normalized spacial score (nSPS) is 10.4. The first-order valence-electron chi connectivity index (χ1n) is 8.80. The average molecular weight is 357 g/mol. The largest absolute Gasteiger partial charge is 0.352 e. The summed E-state index contributed by atoms with van der Waals surface area (Å²) in [6, 6.07) is 9.10. The number of halogens is 1. The maximum atomic E-state index is 12.9. The van der Waals surface area contributed by atoms with Gasteiger partial charge in [0.2, 0.25) is 5.91 Å². The Morgan fingerprint density at radius 1 is 1.19 bits per heavy atom. The fourth-order valence-electron chi connectivity index (χ4n) is 2.50. The van der Waals surface area contributed by atoms with Gasteiger partial charge < -0.3 is 10.2 Å². The molecule has 5 nitrogen and oxygen atoms in total. The zero-order chi connectivity index (χ0) is 18.8. The third-order valence-corrected chi connectivity index (χ3v) is 3.96. The van der Waals surface area contributed by atoms with Crippen LogP contribution in [-0.2, 0) is 11.3 Å². The SMILES string of the molecule is CCCCN(Cc1cccnc1)C(=O)CCNC(=O)c1ccc(F)cc1. The van der Waals surface area contributed by atoms with E-state index in [1.807, 2.05) is 12.1 Å². The molecule has 0 aliphatic heterocycles. The number of carbonyl (C=O) groups excluding carboxylic acids is 2. The number of hydrogen-bond donors (Lipinski definition) is 1. The minimum atomic E-state index is -0.390. The molecule has 1 aromatic carbocycles. The Hall–Kier alpha value is -2.76. The summed E-state index contributed by atoms with van der Waals surface area (Å²) in [6.07, 6.45) is 5.60. The predicted molar refractivity (Wildman–Crippen MR) is 97.9 cm³/mol. The van der Waals surface area contributed by atoms with E-state index in [4.69, 9.17) is 0 Å². The summed E-state index contributed by atoms with van der Waals surface area (Å²) in [4.78, 5) is 30.4. The number of amides is 2. The molecule has 1 heterocycles. The Balaban J connectivity index is 1.85. The number of rotatable bonds is 9. The number of aromatic nitrogens is 1. The number of unbranched alkanes of at least 4 members (excludes halogenated alkanes) is 1. The Morgan fingerprint density at radius 3 is 2.62 bits per heavy atom. The van der Waals surface area contributed by atoms with Crippen LogP contribution in [0.1, 0.15) is 42.1 Å². The quantitative estimate of drug-likeness (QED) is 0.750. The summed E-state index contributed by atoms with van der Waals surface area (Å²) in [5.74, 6) is -0.717. The van der Waals surface area contributed by atoms with Gasteiger partial charge in [-0.05, 0) is 42.3 Å². The second-order valence-electron chi connectivity index (χ2n) is 6.04. The first kappa shape index (κ1) is 19.6. The van der Waals surface area contributed by atoms with Crippen LogP contribution in [0, 0.1) is 5.82 Å². The van der Waals surface area contributed by atoms with Gasteiger partial charge in [-0.15, -0.1) is 0 Å². The molecule has 0 bridgehead atoms. The van der Waals surface area contributed by atoms with Gasteiger partial charge in [-0.2, -0.15) is 0 Å². The van der Waals surface area contributed by atoms with E-state index in [-0.39, 0.29) is 24.8 Å². The third kappa shape index (κ3) is 6.27. The van der Waals surface area contributed by atoms with Gasteiger partial charge in [0.1, 0.15) is 5.82 Å². The van der Waals surface area contributed by atoms with E-state index in [9.17, 15) is 14.0 Å². The molecular formula is C20H24FN3O2. The van der Waals surface area contributed by atoms with Crippen LogP contribution in [-0.4, -0.2) is 34.8 Å². The summed E-state index contributed by atoms with van der Waals surface area (Å²) in [5, 5.41) is 2.70. The van der Waals surface area contributed by atoms with Gasteiger partial charge in [0.05, 0.1) is 0 Å². The van der Waals surface area contributed by atoms with E-state index in [2.05, 4.69) is 17.2 Å². The highest BCUT2D eigenvalue weighted by molar-refractivity contribution is 5.94. The van der Waals surface area contributed by atoms with Crippen LogP contribution in [0.4, 0.5) is 4.39 Å². The molecule has 1 aromatic heterocycles. The van der Waals surface area contributed by atoms with Gasteiger partial charge in [-0.3, -0.25) is 14.6 Å². The van der Waals surface area contributed by atoms with Crippen LogP contribution < -0.4 is 5.32 Å². The zero-order valence-corrected chi connectivity index (χ0v) is 15.0. The van der Waals surface area contributed by atoms with Crippen LogP contribution in [0.15, 0.2) is 48.8 Å². The average Bonchev–Trinajstić information content (AvgIpc) is 2.66. The monoisotopic (exact) mass is 357 g/mol. The molecule has 0 unspecified atom stereocenters. The summed E-state index contributed by atoms with van der Waals surface area (Å²) in [5.41, 5.74) is 1.35. The summed E-state index contributed by atoms with van der Waals surface area (Å²) in [7, 11) is 0. The maximum Gasteiger partial charge on any atom is 0.251 e. The fourth-order valence-corrected chi connectivity index (χ4v) is 2.50. The number of nitrogens with zero attached hydrogens (tertiary/aromatic N) is 2. The first-order valence-corrected chi connectivity index (χ1v) is 8.80. The van der Waals surface area contributed by atoms with Crippen LogP contribution in [0.3, 0.4) is 0 Å². The molecule has 0 spiro atoms. The van der Waals surface area contributed by atoms with E-state index in [0.717, 1.165) is 18.4 Å². The topological polar surface area (TPSA) is 62.3 Å². The van der Waals surface area contributed by atoms with Gasteiger partial charge in [0.15, 0.2) is 0 Å². The number of carbonyl (C=O) groups is 2. The molecule has 2 aromatic rings. The Morgan fingerprint density at radius 2 is 1.96 bits per heavy atom. The molecule has 0 aliphatic carbocycles. The highest BCUT2D eigenvalue weighted by Gasteiger charge is 2.14. The summed E-state index contributed by atoms with van der Waals surface area (Å²) >= 11 is 0. The van der Waals surface area contributed by atoms with E-state index in [1.54, 1.807) is 17.3 Å². The van der Waals surface area contributed by atoms with E-state index in [1.165, 1.54) is 24.3 Å². The van der Waals surface area contributed by atoms with Crippen LogP contribution >= 0.6 is 0 Å². The molecule has 0 saturated heterocycles. The molecule has 0 atom stereocenters. The van der Waals surface area contributed by atoms with Crippen molar-refractivity contribution >= 4 is 11.8 Å². The van der Waals surface area contributed by atoms with Crippen molar-refractivity contribution in [2.24, 2.45) is 0 Å². The number of pyridine rings is 1. The summed E-state index contributed by atoms with van der Waals surface area (Å²) < 4.78 is 12.9. The van der Waals surface area contributed by atoms with Crippen LogP contribution in [0.5, 0.6) is 0 Å². The fraction of sp³-hybridized carbons (Fsp3) is 0.350. The van der Waals surface area contributed by atoms with Crippen molar-refractivity contribution in [2.45, 2.75) is 32.7 Å². The molecule has 1 N–H and O–H groups in total. The standard InChI is InChI=1S/C20H24FN3O2/c1-2-3-13-24(15-16-5-4-11-22-14-16)19(25)10-12-23-20(26)17-6-8-18(21)9-7-17/h4-9,11,14H,2-3,10,12-13,15H2,1H3,(H,23,26). The van der Waals surface area contributed by atoms with Gasteiger partial charge >= 0.3 is 0 Å². The molecule has 6 heteroatoms. The molecule has 26 heavy (non-hydrogen) atoms. The molecule has 138 valence electrons. The van der Waals surface area contributed by atoms with Gasteiger partial charge in [-0.25, -0.2) is 4.39 Å². The smallest absolute Gasteiger partial charge is 0.251 e. The molecule has 0 radical (unpaired) electrons. The Kier molecular flexibility index (Phi) is 7.74. The molecule has 2 rings (SSSR count). The second-order valence-corrected chi connectivity index (χ2v) is 6.04. The molecule has 0 fully saturated rings. The minimum Gasteiger partial charge on any atom is -0.352 e. The predicted octanol–water partition coefficient (Wildman–Crippen LogP) is 3.17. The zero-order valence-electron chi connectivity index (χ0n) is 15.0. The van der Waals surface area contributed by atoms with Gasteiger partial charge in [0.25, 0.3) is 5.91 Å². The van der Waals surface area contributed by atoms with Crippen molar-refractivity contribution in [1.29, 1.82) is 0 Å². The Labute approximate surface area is 153 Å². The highest BCUT2D eigenvalue weighted by atomic mass is 19.1. The van der Waals surface area contributed by atoms with Crippen LogP contribution in [0.25, 0.3) is 0 Å². The lowest BCUT2D eigenvalue weighted by atomic mass is 10.2. The maximum absolute atomic E-state index is 12.9. The lowest BCUT2D eigenvalue weighted by Crippen LogP contribution is -2.35. The number of hydrogen-bond acceptors (Lipinski definition) is 3. The molecule has 0 saturated carbocycles. The number of benzene rings is 1.